The number of anilines is 1. The van der Waals surface area contributed by atoms with Crippen LogP contribution in [0.1, 0.15) is 29.6 Å². The summed E-state index contributed by atoms with van der Waals surface area (Å²) in [5.41, 5.74) is 1.14. The molecule has 20 heavy (non-hydrogen) atoms. The first-order valence-corrected chi connectivity index (χ1v) is 6.76. The summed E-state index contributed by atoms with van der Waals surface area (Å²) < 4.78 is 5.55. The first-order chi connectivity index (χ1) is 9.65. The van der Waals surface area contributed by atoms with Crippen LogP contribution in [0.2, 0.25) is 0 Å². The van der Waals surface area contributed by atoms with Gasteiger partial charge in [-0.05, 0) is 25.0 Å². The number of carboxylic acids is 1. The predicted molar refractivity (Wildman–Crippen MR) is 73.0 cm³/mol. The third kappa shape index (κ3) is 2.18. The molecule has 1 aromatic rings. The topological polar surface area (TPSA) is 73.6 Å². The van der Waals surface area contributed by atoms with Gasteiger partial charge in [-0.2, -0.15) is 5.26 Å². The highest BCUT2D eigenvalue weighted by molar-refractivity contribution is 5.93. The number of hydrogen-bond acceptors (Lipinski definition) is 4. The molecule has 5 heteroatoms. The van der Waals surface area contributed by atoms with Gasteiger partial charge in [0.05, 0.1) is 18.3 Å². The Hall–Kier alpha value is -2.22. The lowest BCUT2D eigenvalue weighted by atomic mass is 10.0. The summed E-state index contributed by atoms with van der Waals surface area (Å²) in [7, 11) is 0. The summed E-state index contributed by atoms with van der Waals surface area (Å²) >= 11 is 0. The molecular weight excluding hydrogens is 256 g/mol. The smallest absolute Gasteiger partial charge is 0.339 e. The molecule has 1 N–H and O–H groups in total. The van der Waals surface area contributed by atoms with Gasteiger partial charge in [0.15, 0.2) is 5.75 Å². The van der Waals surface area contributed by atoms with Crippen LogP contribution < -0.4 is 9.64 Å². The van der Waals surface area contributed by atoms with Crippen LogP contribution in [0, 0.1) is 16.7 Å². The number of rotatable bonds is 4. The average molecular weight is 272 g/mol. The maximum Gasteiger partial charge on any atom is 0.339 e. The number of hydrogen-bond donors (Lipinski definition) is 1. The molecule has 0 atom stereocenters. The number of nitrogens with zero attached hydrogens (tertiary/aromatic N) is 2. The molecule has 5 nitrogen and oxygen atoms in total. The highest BCUT2D eigenvalue weighted by atomic mass is 16.5. The molecule has 1 heterocycles. The van der Waals surface area contributed by atoms with Gasteiger partial charge in [-0.15, -0.1) is 0 Å². The number of fused-ring (bicyclic) bond motifs is 1. The number of ether oxygens (including phenoxy) is 1. The fraction of sp³-hybridized carbons (Fsp3) is 0.467. The SMILES string of the molecule is N#CCC1(CN2CCOc3c(C(=O)O)cccc32)CC1. The molecule has 0 amide bonds. The summed E-state index contributed by atoms with van der Waals surface area (Å²) in [6.45, 7) is 2.03. The second-order valence-electron chi connectivity index (χ2n) is 5.56. The van der Waals surface area contributed by atoms with Gasteiger partial charge in [-0.1, -0.05) is 6.07 Å². The van der Waals surface area contributed by atoms with Crippen molar-refractivity contribution < 1.29 is 14.6 Å². The molecule has 0 saturated heterocycles. The van der Waals surface area contributed by atoms with Crippen LogP contribution in [-0.4, -0.2) is 30.8 Å². The van der Waals surface area contributed by atoms with E-state index in [1.165, 1.54) is 0 Å². The maximum absolute atomic E-state index is 11.2. The summed E-state index contributed by atoms with van der Waals surface area (Å²) in [6.07, 6.45) is 2.72. The van der Waals surface area contributed by atoms with Crippen molar-refractivity contribution in [2.45, 2.75) is 19.3 Å². The van der Waals surface area contributed by atoms with E-state index < -0.39 is 5.97 Å². The quantitative estimate of drug-likeness (QED) is 0.910. The standard InChI is InChI=1S/C15H16N2O3/c16-7-6-15(4-5-15)10-17-8-9-20-13-11(14(18)19)2-1-3-12(13)17/h1-3H,4-6,8-10H2,(H,18,19). The van der Waals surface area contributed by atoms with Crippen molar-refractivity contribution >= 4 is 11.7 Å². The van der Waals surface area contributed by atoms with Crippen LogP contribution in [0.3, 0.4) is 0 Å². The molecule has 3 rings (SSSR count). The number of carbonyl (C=O) groups is 1. The van der Waals surface area contributed by atoms with Crippen molar-refractivity contribution in [3.8, 4) is 11.8 Å². The van der Waals surface area contributed by atoms with Gasteiger partial charge in [-0.25, -0.2) is 4.79 Å². The van der Waals surface area contributed by atoms with Gasteiger partial charge in [0, 0.05) is 18.4 Å². The lowest BCUT2D eigenvalue weighted by molar-refractivity contribution is 0.0692. The van der Waals surface area contributed by atoms with Crippen LogP contribution in [0.5, 0.6) is 5.75 Å². The van der Waals surface area contributed by atoms with Gasteiger partial charge in [-0.3, -0.25) is 0 Å². The highest BCUT2D eigenvalue weighted by Crippen LogP contribution is 2.50. The van der Waals surface area contributed by atoms with Crippen molar-refractivity contribution in [3.05, 3.63) is 23.8 Å². The first kappa shape index (κ1) is 12.8. The van der Waals surface area contributed by atoms with Crippen LogP contribution in [0.25, 0.3) is 0 Å². The Bertz CT molecular complexity index is 587. The van der Waals surface area contributed by atoms with Gasteiger partial charge >= 0.3 is 5.97 Å². The van der Waals surface area contributed by atoms with E-state index in [-0.39, 0.29) is 11.0 Å². The first-order valence-electron chi connectivity index (χ1n) is 6.76. The fourth-order valence-electron chi connectivity index (χ4n) is 2.78. The summed E-state index contributed by atoms with van der Waals surface area (Å²) in [4.78, 5) is 13.4. The third-order valence-corrected chi connectivity index (χ3v) is 4.11. The molecule has 0 unspecified atom stereocenters. The third-order valence-electron chi connectivity index (χ3n) is 4.11. The number of para-hydroxylation sites is 1. The average Bonchev–Trinajstić information content (AvgIpc) is 3.18. The lowest BCUT2D eigenvalue weighted by Gasteiger charge is -2.34. The van der Waals surface area contributed by atoms with Crippen LogP contribution in [-0.2, 0) is 0 Å². The van der Waals surface area contributed by atoms with E-state index >= 15 is 0 Å². The number of carboxylic acid groups (broad SMARTS) is 1. The second-order valence-corrected chi connectivity index (χ2v) is 5.56. The zero-order chi connectivity index (χ0) is 14.2. The maximum atomic E-state index is 11.2. The summed E-state index contributed by atoms with van der Waals surface area (Å²) in [6, 6.07) is 7.46. The monoisotopic (exact) mass is 272 g/mol. The molecule has 1 saturated carbocycles. The van der Waals surface area contributed by atoms with Gasteiger partial charge in [0.1, 0.15) is 12.2 Å². The van der Waals surface area contributed by atoms with Gasteiger partial charge in [0.25, 0.3) is 0 Å². The molecular formula is C15H16N2O3. The Morgan fingerprint density at radius 2 is 2.30 bits per heavy atom. The van der Waals surface area contributed by atoms with Crippen molar-refractivity contribution in [2.75, 3.05) is 24.6 Å². The summed E-state index contributed by atoms with van der Waals surface area (Å²) in [5, 5.41) is 18.1. The summed E-state index contributed by atoms with van der Waals surface area (Å²) in [5.74, 6) is -0.513. The van der Waals surface area contributed by atoms with Crippen molar-refractivity contribution in [3.63, 3.8) is 0 Å². The van der Waals surface area contributed by atoms with E-state index in [2.05, 4.69) is 11.0 Å². The van der Waals surface area contributed by atoms with Crippen molar-refractivity contribution in [1.82, 2.24) is 0 Å². The van der Waals surface area contributed by atoms with Crippen LogP contribution in [0.15, 0.2) is 18.2 Å². The fourth-order valence-corrected chi connectivity index (χ4v) is 2.78. The minimum atomic E-state index is -0.970. The van der Waals surface area contributed by atoms with Crippen molar-refractivity contribution in [2.24, 2.45) is 5.41 Å². The predicted octanol–water partition coefficient (Wildman–Crippen LogP) is 2.28. The molecule has 0 spiro atoms. The normalized spacial score (nSPS) is 18.6. The Labute approximate surface area is 117 Å². The number of benzene rings is 1. The van der Waals surface area contributed by atoms with E-state index in [9.17, 15) is 9.90 Å². The zero-order valence-corrected chi connectivity index (χ0v) is 11.1. The molecule has 1 fully saturated rings. The number of nitriles is 1. The molecule has 0 bridgehead atoms. The largest absolute Gasteiger partial charge is 0.489 e. The Kier molecular flexibility index (Phi) is 3.01. The Morgan fingerprint density at radius 1 is 1.50 bits per heavy atom. The Balaban J connectivity index is 1.89. The van der Waals surface area contributed by atoms with Gasteiger partial charge in [0.2, 0.25) is 0 Å². The molecule has 1 aromatic carbocycles. The molecule has 104 valence electrons. The lowest BCUT2D eigenvalue weighted by Crippen LogP contribution is -2.37. The van der Waals surface area contributed by atoms with Gasteiger partial charge < -0.3 is 14.7 Å². The van der Waals surface area contributed by atoms with Crippen LogP contribution >= 0.6 is 0 Å². The minimum Gasteiger partial charge on any atom is -0.489 e. The van der Waals surface area contributed by atoms with E-state index in [0.717, 1.165) is 31.6 Å². The van der Waals surface area contributed by atoms with Crippen molar-refractivity contribution in [1.29, 1.82) is 5.26 Å². The molecule has 0 radical (unpaired) electrons. The molecule has 1 aliphatic heterocycles. The van der Waals surface area contributed by atoms with E-state index in [0.29, 0.717) is 18.8 Å². The Morgan fingerprint density at radius 3 is 2.95 bits per heavy atom. The second kappa shape index (κ2) is 4.71. The molecule has 0 aromatic heterocycles. The minimum absolute atomic E-state index is 0.0998. The molecule has 2 aliphatic rings. The van der Waals surface area contributed by atoms with Crippen LogP contribution in [0.4, 0.5) is 5.69 Å². The number of aromatic carboxylic acids is 1. The van der Waals surface area contributed by atoms with E-state index in [1.54, 1.807) is 12.1 Å². The van der Waals surface area contributed by atoms with E-state index in [1.807, 2.05) is 6.07 Å². The van der Waals surface area contributed by atoms with E-state index in [4.69, 9.17) is 10.00 Å². The molecule has 1 aliphatic carbocycles. The highest BCUT2D eigenvalue weighted by Gasteiger charge is 2.44. The zero-order valence-electron chi connectivity index (χ0n) is 11.1.